The average Bonchev–Trinajstić information content (AvgIpc) is 3.11. The van der Waals surface area contributed by atoms with Crippen LogP contribution in [0.4, 0.5) is 4.79 Å². The van der Waals surface area contributed by atoms with Gasteiger partial charge in [0.1, 0.15) is 6.61 Å². The van der Waals surface area contributed by atoms with E-state index in [2.05, 4.69) is 34.9 Å². The number of alkyl carbamates (subject to hydrolysis) is 1. The van der Waals surface area contributed by atoms with Gasteiger partial charge in [-0.2, -0.15) is 0 Å². The Kier molecular flexibility index (Phi) is 6.54. The predicted octanol–water partition coefficient (Wildman–Crippen LogP) is 3.45. The summed E-state index contributed by atoms with van der Waals surface area (Å²) in [7, 11) is 0. The molecule has 2 amide bonds. The van der Waals surface area contributed by atoms with Crippen molar-refractivity contribution >= 4 is 18.0 Å². The molecule has 4 rings (SSSR count). The molecule has 2 aromatic rings. The van der Waals surface area contributed by atoms with Crippen LogP contribution in [0.2, 0.25) is 0 Å². The fraction of sp³-hybridized carbons (Fsp3) is 0.320. The van der Waals surface area contributed by atoms with Gasteiger partial charge < -0.3 is 20.5 Å². The number of carboxylic acids is 1. The number of allylic oxidation sites excluding steroid dienone is 1. The first-order chi connectivity index (χ1) is 15.5. The van der Waals surface area contributed by atoms with E-state index in [0.717, 1.165) is 11.1 Å². The van der Waals surface area contributed by atoms with Crippen LogP contribution in [0.25, 0.3) is 11.1 Å². The molecule has 2 aromatic carbocycles. The molecule has 3 N–H and O–H groups in total. The number of rotatable bonds is 7. The maximum atomic E-state index is 12.5. The summed E-state index contributed by atoms with van der Waals surface area (Å²) in [6, 6.07) is 16.0. The number of benzene rings is 2. The third-order valence-electron chi connectivity index (χ3n) is 5.98. The lowest BCUT2D eigenvalue weighted by molar-refractivity contribution is -0.137. The summed E-state index contributed by atoms with van der Waals surface area (Å²) in [6.07, 6.45) is 4.09. The highest BCUT2D eigenvalue weighted by atomic mass is 16.5. The van der Waals surface area contributed by atoms with Crippen LogP contribution in [0.5, 0.6) is 0 Å². The van der Waals surface area contributed by atoms with E-state index in [9.17, 15) is 14.4 Å². The van der Waals surface area contributed by atoms with E-state index in [1.165, 1.54) is 11.1 Å². The Labute approximate surface area is 186 Å². The first-order valence-corrected chi connectivity index (χ1v) is 10.8. The summed E-state index contributed by atoms with van der Waals surface area (Å²) in [5.74, 6) is -1.48. The molecule has 0 fully saturated rings. The maximum Gasteiger partial charge on any atom is 0.407 e. The highest BCUT2D eigenvalue weighted by Gasteiger charge is 2.30. The second-order valence-electron chi connectivity index (χ2n) is 8.11. The second kappa shape index (κ2) is 9.68. The standard InChI is InChI=1S/C25H26N2O5/c28-23(29)12-13-26-24(30)16-6-5-7-17(14-16)27-25(31)32-15-22-20-10-3-1-8-18(20)19-9-2-4-11-21(19)22/h1-5,7-11,16-17,22H,6,12-15H2,(H,26,30)(H,27,31)(H,28,29)/t16-,17-/m1/s1. The Morgan fingerprint density at radius 1 is 1.00 bits per heavy atom. The molecule has 0 unspecified atom stereocenters. The molecule has 0 bridgehead atoms. The van der Waals surface area contributed by atoms with Gasteiger partial charge in [-0.05, 0) is 35.1 Å². The number of hydrogen-bond acceptors (Lipinski definition) is 4. The number of nitrogens with one attached hydrogen (secondary N) is 2. The third kappa shape index (κ3) is 4.82. The van der Waals surface area contributed by atoms with Gasteiger partial charge >= 0.3 is 12.1 Å². The molecule has 166 valence electrons. The van der Waals surface area contributed by atoms with Gasteiger partial charge in [0, 0.05) is 18.4 Å². The van der Waals surface area contributed by atoms with Gasteiger partial charge in [-0.25, -0.2) is 4.79 Å². The molecule has 7 nitrogen and oxygen atoms in total. The summed E-state index contributed by atoms with van der Waals surface area (Å²) in [4.78, 5) is 35.3. The van der Waals surface area contributed by atoms with Crippen molar-refractivity contribution in [1.82, 2.24) is 10.6 Å². The minimum atomic E-state index is -0.955. The summed E-state index contributed by atoms with van der Waals surface area (Å²) in [5.41, 5.74) is 4.64. The Bertz CT molecular complexity index is 1000. The minimum absolute atomic E-state index is 0.0113. The van der Waals surface area contributed by atoms with Crippen molar-refractivity contribution in [3.63, 3.8) is 0 Å². The SMILES string of the molecule is O=C(O)CCNC(=O)[C@@H]1CC=C[C@@H](NC(=O)OCC2c3ccccc3-c3ccccc32)C1. The molecular weight excluding hydrogens is 408 g/mol. The molecule has 0 saturated carbocycles. The Balaban J connectivity index is 1.31. The smallest absolute Gasteiger partial charge is 0.407 e. The van der Waals surface area contributed by atoms with Crippen molar-refractivity contribution in [3.05, 3.63) is 71.8 Å². The molecule has 2 atom stereocenters. The zero-order chi connectivity index (χ0) is 22.5. The van der Waals surface area contributed by atoms with Crippen molar-refractivity contribution < 1.29 is 24.2 Å². The number of fused-ring (bicyclic) bond motifs is 3. The number of hydrogen-bond donors (Lipinski definition) is 3. The molecule has 0 aromatic heterocycles. The van der Waals surface area contributed by atoms with Crippen LogP contribution in [-0.4, -0.2) is 42.3 Å². The molecule has 0 saturated heterocycles. The highest BCUT2D eigenvalue weighted by molar-refractivity contribution is 5.80. The fourth-order valence-electron chi connectivity index (χ4n) is 4.44. The van der Waals surface area contributed by atoms with Crippen molar-refractivity contribution in [2.45, 2.75) is 31.2 Å². The first-order valence-electron chi connectivity index (χ1n) is 10.8. The van der Waals surface area contributed by atoms with E-state index >= 15 is 0 Å². The summed E-state index contributed by atoms with van der Waals surface area (Å²) in [5, 5.41) is 14.2. The van der Waals surface area contributed by atoms with Crippen LogP contribution in [0.1, 0.15) is 36.3 Å². The summed E-state index contributed by atoms with van der Waals surface area (Å²) in [6.45, 7) is 0.328. The molecule has 2 aliphatic carbocycles. The molecule has 2 aliphatic rings. The van der Waals surface area contributed by atoms with Crippen molar-refractivity contribution in [1.29, 1.82) is 0 Å². The molecule has 0 heterocycles. The number of aliphatic carboxylic acids is 1. The highest BCUT2D eigenvalue weighted by Crippen LogP contribution is 2.44. The van der Waals surface area contributed by atoms with Crippen LogP contribution in [0, 0.1) is 5.92 Å². The topological polar surface area (TPSA) is 105 Å². The zero-order valence-electron chi connectivity index (χ0n) is 17.6. The lowest BCUT2D eigenvalue weighted by Gasteiger charge is -2.25. The monoisotopic (exact) mass is 434 g/mol. The van der Waals surface area contributed by atoms with Gasteiger partial charge in [-0.1, -0.05) is 60.7 Å². The molecule has 0 radical (unpaired) electrons. The van der Waals surface area contributed by atoms with E-state index in [0.29, 0.717) is 12.8 Å². The normalized spacial score (nSPS) is 19.0. The first kappa shape index (κ1) is 21.6. The van der Waals surface area contributed by atoms with Gasteiger partial charge in [0.05, 0.1) is 12.5 Å². The van der Waals surface area contributed by atoms with Crippen LogP contribution in [0.15, 0.2) is 60.7 Å². The molecule has 7 heteroatoms. The Morgan fingerprint density at radius 3 is 2.31 bits per heavy atom. The fourth-order valence-corrected chi connectivity index (χ4v) is 4.44. The van der Waals surface area contributed by atoms with E-state index in [1.807, 2.05) is 36.4 Å². The van der Waals surface area contributed by atoms with Crippen LogP contribution < -0.4 is 10.6 Å². The molecule has 0 aliphatic heterocycles. The Hall–Kier alpha value is -3.61. The van der Waals surface area contributed by atoms with E-state index in [4.69, 9.17) is 9.84 Å². The van der Waals surface area contributed by atoms with Gasteiger partial charge in [0.25, 0.3) is 0 Å². The van der Waals surface area contributed by atoms with Crippen LogP contribution in [0.3, 0.4) is 0 Å². The number of carbonyl (C=O) groups is 3. The lowest BCUT2D eigenvalue weighted by Crippen LogP contribution is -2.41. The number of carbonyl (C=O) groups excluding carboxylic acids is 2. The van der Waals surface area contributed by atoms with E-state index in [1.54, 1.807) is 0 Å². The summed E-state index contributed by atoms with van der Waals surface area (Å²) < 4.78 is 5.58. The van der Waals surface area contributed by atoms with E-state index in [-0.39, 0.29) is 43.4 Å². The molecular formula is C25H26N2O5. The lowest BCUT2D eigenvalue weighted by atomic mass is 9.90. The second-order valence-corrected chi connectivity index (χ2v) is 8.11. The molecule has 32 heavy (non-hydrogen) atoms. The number of amides is 2. The van der Waals surface area contributed by atoms with Gasteiger partial charge in [0.15, 0.2) is 0 Å². The van der Waals surface area contributed by atoms with Gasteiger partial charge in [-0.15, -0.1) is 0 Å². The van der Waals surface area contributed by atoms with Crippen molar-refractivity contribution in [2.24, 2.45) is 5.92 Å². The number of carboxylic acid groups (broad SMARTS) is 1. The average molecular weight is 434 g/mol. The van der Waals surface area contributed by atoms with Crippen molar-refractivity contribution in [2.75, 3.05) is 13.2 Å². The van der Waals surface area contributed by atoms with Gasteiger partial charge in [-0.3, -0.25) is 9.59 Å². The van der Waals surface area contributed by atoms with E-state index < -0.39 is 12.1 Å². The quantitative estimate of drug-likeness (QED) is 0.579. The van der Waals surface area contributed by atoms with Gasteiger partial charge in [0.2, 0.25) is 5.91 Å². The summed E-state index contributed by atoms with van der Waals surface area (Å²) >= 11 is 0. The number of ether oxygens (including phenoxy) is 1. The maximum absolute atomic E-state index is 12.5. The molecule has 0 spiro atoms. The minimum Gasteiger partial charge on any atom is -0.481 e. The van der Waals surface area contributed by atoms with Crippen molar-refractivity contribution in [3.8, 4) is 11.1 Å². The zero-order valence-corrected chi connectivity index (χ0v) is 17.6. The van der Waals surface area contributed by atoms with Crippen LogP contribution >= 0.6 is 0 Å². The largest absolute Gasteiger partial charge is 0.481 e. The predicted molar refractivity (Wildman–Crippen MR) is 119 cm³/mol. The Morgan fingerprint density at radius 2 is 1.66 bits per heavy atom. The van der Waals surface area contributed by atoms with Crippen LogP contribution in [-0.2, 0) is 14.3 Å². The third-order valence-corrected chi connectivity index (χ3v) is 5.98.